The minimum absolute atomic E-state index is 0.0315. The predicted octanol–water partition coefficient (Wildman–Crippen LogP) is 4.15. The second kappa shape index (κ2) is 8.62. The summed E-state index contributed by atoms with van der Waals surface area (Å²) in [6, 6.07) is 9.80. The highest BCUT2D eigenvalue weighted by Gasteiger charge is 2.41. The van der Waals surface area contributed by atoms with Crippen LogP contribution in [-0.4, -0.2) is 28.0 Å². The van der Waals surface area contributed by atoms with Crippen LogP contribution in [0.5, 0.6) is 11.8 Å². The van der Waals surface area contributed by atoms with Gasteiger partial charge in [-0.15, -0.1) is 0 Å². The predicted molar refractivity (Wildman–Crippen MR) is 116 cm³/mol. The molecule has 0 radical (unpaired) electrons. The van der Waals surface area contributed by atoms with E-state index in [1.807, 2.05) is 26.0 Å². The molecule has 162 valence electrons. The molecule has 1 saturated carbocycles. The molecular weight excluding hydrogens is 380 g/mol. The van der Waals surface area contributed by atoms with Crippen LogP contribution in [-0.2, 0) is 16.8 Å². The first-order valence-corrected chi connectivity index (χ1v) is 10.7. The van der Waals surface area contributed by atoms with Crippen molar-refractivity contribution in [1.82, 2.24) is 9.55 Å². The lowest BCUT2D eigenvalue weighted by atomic mass is 9.61. The molecule has 2 atom stereocenters. The molecule has 2 heterocycles. The molecule has 2 aromatic rings. The van der Waals surface area contributed by atoms with Crippen LogP contribution in [0.2, 0.25) is 0 Å². The molecule has 6 nitrogen and oxygen atoms in total. The fourth-order valence-corrected chi connectivity index (χ4v) is 4.70. The van der Waals surface area contributed by atoms with Crippen molar-refractivity contribution in [3.63, 3.8) is 0 Å². The number of nitrogens with zero attached hydrogens (tertiary/aromatic N) is 2. The number of rotatable bonds is 4. The number of fused-ring (bicyclic) bond motifs is 1. The molecule has 0 saturated heterocycles. The molecule has 6 heteroatoms. The molecular formula is C24H32N2O4. The van der Waals surface area contributed by atoms with E-state index >= 15 is 0 Å². The second-order valence-electron chi connectivity index (χ2n) is 9.07. The minimum Gasteiger partial charge on any atom is -0.490 e. The fraction of sp³-hybridized carbons (Fsp3) is 0.542. The lowest BCUT2D eigenvalue weighted by Crippen LogP contribution is -2.38. The van der Waals surface area contributed by atoms with Crippen molar-refractivity contribution < 1.29 is 14.3 Å². The highest BCUT2D eigenvalue weighted by molar-refractivity contribution is 5.81. The highest BCUT2D eigenvalue weighted by atomic mass is 16.6. The first-order valence-electron chi connectivity index (χ1n) is 10.7. The van der Waals surface area contributed by atoms with E-state index in [0.717, 1.165) is 12.2 Å². The highest BCUT2D eigenvalue weighted by Crippen LogP contribution is 2.46. The zero-order chi connectivity index (χ0) is 21.9. The van der Waals surface area contributed by atoms with Gasteiger partial charge in [0.05, 0.1) is 6.54 Å². The Hall–Kier alpha value is -2.63. The van der Waals surface area contributed by atoms with Crippen LogP contribution in [0, 0.1) is 5.41 Å². The molecule has 4 rings (SSSR count). The van der Waals surface area contributed by atoms with Crippen molar-refractivity contribution in [3.8, 4) is 11.8 Å². The van der Waals surface area contributed by atoms with Gasteiger partial charge in [0.2, 0.25) is 0 Å². The maximum Gasteiger partial charge on any atom is 0.300 e. The van der Waals surface area contributed by atoms with E-state index in [2.05, 4.69) is 37.9 Å². The van der Waals surface area contributed by atoms with E-state index in [9.17, 15) is 9.59 Å². The van der Waals surface area contributed by atoms with E-state index < -0.39 is 0 Å². The number of aromatic nitrogens is 2. The van der Waals surface area contributed by atoms with Crippen LogP contribution >= 0.6 is 0 Å². The van der Waals surface area contributed by atoms with Gasteiger partial charge < -0.3 is 9.47 Å². The van der Waals surface area contributed by atoms with Gasteiger partial charge in [-0.1, -0.05) is 46.8 Å². The van der Waals surface area contributed by atoms with Crippen LogP contribution < -0.4 is 15.0 Å². The van der Waals surface area contributed by atoms with Gasteiger partial charge in [-0.3, -0.25) is 14.2 Å². The summed E-state index contributed by atoms with van der Waals surface area (Å²) in [4.78, 5) is 27.4. The Bertz CT molecular complexity index is 948. The molecule has 1 aromatic carbocycles. The molecule has 2 aliphatic rings. The molecule has 0 N–H and O–H groups in total. The first-order chi connectivity index (χ1) is 14.2. The van der Waals surface area contributed by atoms with Gasteiger partial charge in [-0.25, -0.2) is 0 Å². The van der Waals surface area contributed by atoms with E-state index in [-0.39, 0.29) is 22.5 Å². The Morgan fingerprint density at radius 3 is 2.47 bits per heavy atom. The Balaban J connectivity index is 0.00000124. The topological polar surface area (TPSA) is 70.4 Å². The zero-order valence-corrected chi connectivity index (χ0v) is 18.6. The molecule has 1 aliphatic heterocycles. The van der Waals surface area contributed by atoms with Gasteiger partial charge in [0.15, 0.2) is 6.10 Å². The largest absolute Gasteiger partial charge is 0.490 e. The smallest absolute Gasteiger partial charge is 0.300 e. The summed E-state index contributed by atoms with van der Waals surface area (Å²) in [5, 5.41) is 0. The molecule has 1 aliphatic carbocycles. The Labute approximate surface area is 178 Å². The summed E-state index contributed by atoms with van der Waals surface area (Å²) in [6.07, 6.45) is 3.76. The molecule has 0 spiro atoms. The molecule has 0 bridgehead atoms. The number of benzene rings is 1. The second-order valence-corrected chi connectivity index (χ2v) is 9.07. The number of hydrogen-bond donors (Lipinski definition) is 0. The fourth-order valence-electron chi connectivity index (χ4n) is 4.70. The SMILES string of the molecule is CC.CC1(C)CC(=O)CC(C)(c2ccc(OC[C@@H]3Cn4ccc(=O)nc4O3)cc2)C1. The number of ether oxygens (including phenoxy) is 2. The average Bonchev–Trinajstić information content (AvgIpc) is 3.08. The molecule has 30 heavy (non-hydrogen) atoms. The van der Waals surface area contributed by atoms with Crippen LogP contribution in [0.3, 0.4) is 0 Å². The third kappa shape index (κ3) is 4.91. The van der Waals surface area contributed by atoms with Crippen molar-refractivity contribution in [3.05, 3.63) is 52.4 Å². The quantitative estimate of drug-likeness (QED) is 0.755. The van der Waals surface area contributed by atoms with E-state index in [4.69, 9.17) is 9.47 Å². The number of Topliss-reactive ketones (excluding diaryl/α,β-unsaturated/α-hetero) is 1. The molecule has 1 fully saturated rings. The third-order valence-electron chi connectivity index (χ3n) is 5.64. The number of ketones is 1. The van der Waals surface area contributed by atoms with Crippen molar-refractivity contribution in [2.24, 2.45) is 5.41 Å². The number of carbonyl (C=O) groups excluding carboxylic acids is 1. The summed E-state index contributed by atoms with van der Waals surface area (Å²) < 4.78 is 13.4. The van der Waals surface area contributed by atoms with Crippen LogP contribution in [0.15, 0.2) is 41.3 Å². The Morgan fingerprint density at radius 2 is 1.80 bits per heavy atom. The van der Waals surface area contributed by atoms with Crippen LogP contribution in [0.1, 0.15) is 59.4 Å². The van der Waals surface area contributed by atoms with E-state index in [1.54, 1.807) is 10.8 Å². The summed E-state index contributed by atoms with van der Waals surface area (Å²) in [7, 11) is 0. The zero-order valence-electron chi connectivity index (χ0n) is 18.6. The minimum atomic E-state index is -0.304. The first kappa shape index (κ1) is 22.1. The van der Waals surface area contributed by atoms with Crippen molar-refractivity contribution in [1.29, 1.82) is 0 Å². The maximum absolute atomic E-state index is 12.2. The standard InChI is InChI=1S/C22H26N2O4.C2H6/c1-21(2)10-16(25)11-22(3,14-21)15-4-6-17(7-5-15)27-13-18-12-24-9-8-19(26)23-20(24)28-18;1-2/h4-9,18H,10-14H2,1-3H3;1-2H3/t18-,22?;/m0./s1. The van der Waals surface area contributed by atoms with E-state index in [0.29, 0.717) is 37.8 Å². The monoisotopic (exact) mass is 412 g/mol. The Kier molecular flexibility index (Phi) is 6.34. The lowest BCUT2D eigenvalue weighted by molar-refractivity contribution is -0.125. The van der Waals surface area contributed by atoms with Crippen molar-refractivity contribution in [2.45, 2.75) is 71.9 Å². The molecule has 1 aromatic heterocycles. The summed E-state index contributed by atoms with van der Waals surface area (Å²) in [6.45, 7) is 11.5. The van der Waals surface area contributed by atoms with E-state index in [1.165, 1.54) is 11.6 Å². The summed E-state index contributed by atoms with van der Waals surface area (Å²) >= 11 is 0. The van der Waals surface area contributed by atoms with Gasteiger partial charge in [0.25, 0.3) is 11.6 Å². The molecule has 1 unspecified atom stereocenters. The molecule has 0 amide bonds. The van der Waals surface area contributed by atoms with Crippen molar-refractivity contribution >= 4 is 5.78 Å². The van der Waals surface area contributed by atoms with Crippen LogP contribution in [0.4, 0.5) is 0 Å². The van der Waals surface area contributed by atoms with Crippen molar-refractivity contribution in [2.75, 3.05) is 6.61 Å². The number of carbonyl (C=O) groups is 1. The van der Waals surface area contributed by atoms with Gasteiger partial charge in [0.1, 0.15) is 18.1 Å². The van der Waals surface area contributed by atoms with Gasteiger partial charge in [-0.2, -0.15) is 4.98 Å². The summed E-state index contributed by atoms with van der Waals surface area (Å²) in [5.74, 6) is 1.10. The summed E-state index contributed by atoms with van der Waals surface area (Å²) in [5.41, 5.74) is 0.768. The third-order valence-corrected chi connectivity index (χ3v) is 5.64. The number of hydrogen-bond acceptors (Lipinski definition) is 5. The Morgan fingerprint density at radius 1 is 1.10 bits per heavy atom. The average molecular weight is 413 g/mol. The van der Waals surface area contributed by atoms with Gasteiger partial charge in [0, 0.05) is 25.1 Å². The normalized spacial score (nSPS) is 24.3. The lowest BCUT2D eigenvalue weighted by Gasteiger charge is -2.42. The van der Waals surface area contributed by atoms with Gasteiger partial charge >= 0.3 is 0 Å². The van der Waals surface area contributed by atoms with Gasteiger partial charge in [-0.05, 0) is 34.9 Å². The maximum atomic E-state index is 12.2. The van der Waals surface area contributed by atoms with Crippen LogP contribution in [0.25, 0.3) is 0 Å².